The number of amides is 1. The number of likely N-dealkylation sites (tertiary alicyclic amines) is 1. The molecule has 1 aromatic heterocycles. The van der Waals surface area contributed by atoms with Gasteiger partial charge in [-0.25, -0.2) is 0 Å². The molecule has 3 heterocycles. The highest BCUT2D eigenvalue weighted by atomic mass is 16.6. The quantitative estimate of drug-likeness (QED) is 0.560. The molecule has 2 aromatic rings. The third-order valence-corrected chi connectivity index (χ3v) is 5.61. The van der Waals surface area contributed by atoms with Crippen LogP contribution >= 0.6 is 0 Å². The Labute approximate surface area is 168 Å². The summed E-state index contributed by atoms with van der Waals surface area (Å²) in [5.41, 5.74) is 0.616. The molecule has 29 heavy (non-hydrogen) atoms. The third kappa shape index (κ3) is 4.45. The van der Waals surface area contributed by atoms with Gasteiger partial charge in [-0.05, 0) is 37.7 Å². The number of aromatic nitrogens is 2. The normalized spacial score (nSPS) is 20.6. The molecule has 1 unspecified atom stereocenters. The first-order valence-electron chi connectivity index (χ1n) is 10.1. The van der Waals surface area contributed by atoms with Crippen molar-refractivity contribution in [1.29, 1.82) is 0 Å². The zero-order chi connectivity index (χ0) is 20.2. The molecule has 0 radical (unpaired) electrons. The van der Waals surface area contributed by atoms with Gasteiger partial charge in [0.1, 0.15) is 6.04 Å². The average Bonchev–Trinajstić information content (AvgIpc) is 3.25. The Morgan fingerprint density at radius 1 is 1.17 bits per heavy atom. The third-order valence-electron chi connectivity index (χ3n) is 5.61. The number of carbonyl (C=O) groups excluding carboxylic acids is 1. The molecule has 4 rings (SSSR count). The molecule has 0 N–H and O–H groups in total. The minimum absolute atomic E-state index is 0.0106. The molecule has 0 saturated carbocycles. The largest absolute Gasteiger partial charge is 0.423 e. The molecule has 9 heteroatoms. The molecule has 0 aliphatic carbocycles. The van der Waals surface area contributed by atoms with Gasteiger partial charge in [-0.2, -0.15) is 0 Å². The molecule has 9 nitrogen and oxygen atoms in total. The summed E-state index contributed by atoms with van der Waals surface area (Å²) in [6.07, 6.45) is 4.51. The SMILES string of the molecule is O=C(Cc1cccc([N+](=O)[O-])c1)N1CCCCC1c1nnc(C2CCOCC2)o1. The molecule has 2 aliphatic heterocycles. The van der Waals surface area contributed by atoms with Gasteiger partial charge in [0.2, 0.25) is 17.7 Å². The molecule has 2 saturated heterocycles. The fourth-order valence-corrected chi connectivity index (χ4v) is 4.03. The minimum atomic E-state index is -0.450. The molecule has 0 bridgehead atoms. The van der Waals surface area contributed by atoms with Crippen molar-refractivity contribution in [3.8, 4) is 0 Å². The highest BCUT2D eigenvalue weighted by molar-refractivity contribution is 5.79. The average molecular weight is 400 g/mol. The van der Waals surface area contributed by atoms with E-state index in [0.29, 0.717) is 37.1 Å². The highest BCUT2D eigenvalue weighted by Gasteiger charge is 2.33. The number of piperidine rings is 1. The van der Waals surface area contributed by atoms with Crippen LogP contribution in [0, 0.1) is 10.1 Å². The van der Waals surface area contributed by atoms with E-state index in [-0.39, 0.29) is 30.0 Å². The number of hydrogen-bond acceptors (Lipinski definition) is 7. The lowest BCUT2D eigenvalue weighted by atomic mass is 10.00. The number of non-ortho nitro benzene ring substituents is 1. The number of hydrogen-bond donors (Lipinski definition) is 0. The van der Waals surface area contributed by atoms with Crippen LogP contribution in [0.2, 0.25) is 0 Å². The molecule has 1 aromatic carbocycles. The van der Waals surface area contributed by atoms with Gasteiger partial charge in [0.05, 0.1) is 11.3 Å². The van der Waals surface area contributed by atoms with Crippen molar-refractivity contribution in [1.82, 2.24) is 15.1 Å². The van der Waals surface area contributed by atoms with Crippen LogP contribution < -0.4 is 0 Å². The van der Waals surface area contributed by atoms with Crippen LogP contribution in [-0.4, -0.2) is 45.7 Å². The van der Waals surface area contributed by atoms with Crippen LogP contribution in [0.3, 0.4) is 0 Å². The van der Waals surface area contributed by atoms with E-state index in [1.54, 1.807) is 17.0 Å². The van der Waals surface area contributed by atoms with Crippen molar-refractivity contribution in [3.05, 3.63) is 51.7 Å². The van der Waals surface area contributed by atoms with Crippen LogP contribution in [0.25, 0.3) is 0 Å². The molecule has 2 fully saturated rings. The first-order chi connectivity index (χ1) is 14.1. The summed E-state index contributed by atoms with van der Waals surface area (Å²) >= 11 is 0. The number of rotatable bonds is 5. The van der Waals surface area contributed by atoms with Crippen molar-refractivity contribution >= 4 is 11.6 Å². The van der Waals surface area contributed by atoms with E-state index in [2.05, 4.69) is 10.2 Å². The second kappa shape index (κ2) is 8.69. The van der Waals surface area contributed by atoms with E-state index in [9.17, 15) is 14.9 Å². The fourth-order valence-electron chi connectivity index (χ4n) is 4.03. The van der Waals surface area contributed by atoms with Gasteiger partial charge in [0.25, 0.3) is 5.69 Å². The molecule has 1 amide bonds. The summed E-state index contributed by atoms with van der Waals surface area (Å²) in [6.45, 7) is 2.01. The van der Waals surface area contributed by atoms with E-state index in [4.69, 9.17) is 9.15 Å². The summed E-state index contributed by atoms with van der Waals surface area (Å²) in [5, 5.41) is 19.5. The topological polar surface area (TPSA) is 112 Å². The van der Waals surface area contributed by atoms with Gasteiger partial charge in [-0.1, -0.05) is 12.1 Å². The number of benzene rings is 1. The van der Waals surface area contributed by atoms with Crippen LogP contribution in [0.5, 0.6) is 0 Å². The van der Waals surface area contributed by atoms with E-state index >= 15 is 0 Å². The van der Waals surface area contributed by atoms with Crippen LogP contribution in [-0.2, 0) is 16.0 Å². The van der Waals surface area contributed by atoms with Gasteiger partial charge in [-0.3, -0.25) is 14.9 Å². The maximum absolute atomic E-state index is 13.0. The van der Waals surface area contributed by atoms with Crippen LogP contribution in [0.4, 0.5) is 5.69 Å². The van der Waals surface area contributed by atoms with Crippen LogP contribution in [0.15, 0.2) is 28.7 Å². The van der Waals surface area contributed by atoms with Crippen molar-refractivity contribution in [2.24, 2.45) is 0 Å². The lowest BCUT2D eigenvalue weighted by Gasteiger charge is -2.33. The van der Waals surface area contributed by atoms with Crippen LogP contribution in [0.1, 0.15) is 61.4 Å². The maximum Gasteiger partial charge on any atom is 0.269 e. The second-order valence-electron chi connectivity index (χ2n) is 7.57. The van der Waals surface area contributed by atoms with Gasteiger partial charge in [0, 0.05) is 37.8 Å². The first-order valence-corrected chi connectivity index (χ1v) is 10.1. The Hall–Kier alpha value is -2.81. The Kier molecular flexibility index (Phi) is 5.84. The Bertz CT molecular complexity index is 877. The van der Waals surface area contributed by atoms with Crippen molar-refractivity contribution in [3.63, 3.8) is 0 Å². The first kappa shape index (κ1) is 19.5. The predicted octanol–water partition coefficient (Wildman–Crippen LogP) is 3.17. The number of nitro groups is 1. The smallest absolute Gasteiger partial charge is 0.269 e. The molecule has 2 aliphatic rings. The van der Waals surface area contributed by atoms with Gasteiger partial charge >= 0.3 is 0 Å². The lowest BCUT2D eigenvalue weighted by molar-refractivity contribution is -0.384. The molecule has 154 valence electrons. The van der Waals surface area contributed by atoms with Crippen molar-refractivity contribution in [2.45, 2.75) is 50.5 Å². The molecule has 1 atom stereocenters. The second-order valence-corrected chi connectivity index (χ2v) is 7.57. The van der Waals surface area contributed by atoms with Gasteiger partial charge in [-0.15, -0.1) is 10.2 Å². The number of nitrogens with zero attached hydrogens (tertiary/aromatic N) is 4. The summed E-state index contributed by atoms with van der Waals surface area (Å²) in [6, 6.07) is 5.98. The van der Waals surface area contributed by atoms with Crippen molar-refractivity contribution < 1.29 is 18.9 Å². The Morgan fingerprint density at radius 2 is 1.97 bits per heavy atom. The van der Waals surface area contributed by atoms with E-state index in [1.807, 2.05) is 0 Å². The van der Waals surface area contributed by atoms with Gasteiger partial charge in [0.15, 0.2) is 0 Å². The molecule has 0 spiro atoms. The van der Waals surface area contributed by atoms with E-state index in [1.165, 1.54) is 12.1 Å². The summed E-state index contributed by atoms with van der Waals surface area (Å²) in [4.78, 5) is 25.3. The molecular formula is C20H24N4O5. The monoisotopic (exact) mass is 400 g/mol. The predicted molar refractivity (Wildman–Crippen MR) is 102 cm³/mol. The maximum atomic E-state index is 13.0. The standard InChI is InChI=1S/C20H24N4O5/c25-18(13-14-4-3-5-16(12-14)24(26)27)23-9-2-1-6-17(23)20-22-21-19(29-20)15-7-10-28-11-8-15/h3-5,12,15,17H,1-2,6-11,13H2. The summed E-state index contributed by atoms with van der Waals surface area (Å²) in [7, 11) is 0. The molecular weight excluding hydrogens is 376 g/mol. The van der Waals surface area contributed by atoms with Crippen molar-refractivity contribution in [2.75, 3.05) is 19.8 Å². The van der Waals surface area contributed by atoms with E-state index in [0.717, 1.165) is 32.1 Å². The minimum Gasteiger partial charge on any atom is -0.423 e. The lowest BCUT2D eigenvalue weighted by Crippen LogP contribution is -2.39. The summed E-state index contributed by atoms with van der Waals surface area (Å²) in [5.74, 6) is 1.24. The number of nitro benzene ring substituents is 1. The summed E-state index contributed by atoms with van der Waals surface area (Å²) < 4.78 is 11.4. The van der Waals surface area contributed by atoms with Gasteiger partial charge < -0.3 is 14.1 Å². The zero-order valence-corrected chi connectivity index (χ0v) is 16.2. The highest BCUT2D eigenvalue weighted by Crippen LogP contribution is 2.33. The fraction of sp³-hybridized carbons (Fsp3) is 0.550. The zero-order valence-electron chi connectivity index (χ0n) is 16.2. The Balaban J connectivity index is 1.48. The Morgan fingerprint density at radius 3 is 2.76 bits per heavy atom. The number of ether oxygens (including phenoxy) is 1. The number of carbonyl (C=O) groups is 1. The van der Waals surface area contributed by atoms with E-state index < -0.39 is 4.92 Å².